The van der Waals surface area contributed by atoms with Gasteiger partial charge < -0.3 is 30.6 Å². The number of hydrogen-bond acceptors (Lipinski definition) is 8. The summed E-state index contributed by atoms with van der Waals surface area (Å²) >= 11 is 0. The molecule has 5 rings (SSSR count). The number of halogens is 3. The molecule has 4 heterocycles. The first-order chi connectivity index (χ1) is 19.7. The largest absolute Gasteiger partial charge is 0.491 e. The molecular formula is C27H27F3N8O3. The Morgan fingerprint density at radius 2 is 1.90 bits per heavy atom. The number of likely N-dealkylation sites (tertiary alicyclic amines) is 1. The van der Waals surface area contributed by atoms with E-state index in [1.54, 1.807) is 6.07 Å². The summed E-state index contributed by atoms with van der Waals surface area (Å²) in [6.45, 7) is 2.18. The number of carbonyl (C=O) groups is 1. The SMILES string of the molecule is CN1CCC(COc2ccc(C(F)(F)F)cc2NC(=O)Nc2ccc(Nc3ncnc4[nH]ccc(=O)c34)nc2)CC1. The number of rotatable bonds is 7. The van der Waals surface area contributed by atoms with Gasteiger partial charge in [-0.1, -0.05) is 0 Å². The molecule has 0 unspecified atom stereocenters. The van der Waals surface area contributed by atoms with Crippen LogP contribution in [0.3, 0.4) is 0 Å². The molecule has 1 aliphatic heterocycles. The summed E-state index contributed by atoms with van der Waals surface area (Å²) in [4.78, 5) is 42.4. The van der Waals surface area contributed by atoms with Gasteiger partial charge in [-0.25, -0.2) is 19.7 Å². The minimum Gasteiger partial charge on any atom is -0.491 e. The van der Waals surface area contributed by atoms with Crippen molar-refractivity contribution in [3.63, 3.8) is 0 Å². The average molecular weight is 569 g/mol. The maximum atomic E-state index is 13.4. The van der Waals surface area contributed by atoms with E-state index in [1.807, 2.05) is 7.05 Å². The van der Waals surface area contributed by atoms with Crippen LogP contribution < -0.4 is 26.1 Å². The van der Waals surface area contributed by atoms with Crippen molar-refractivity contribution < 1.29 is 22.7 Å². The maximum Gasteiger partial charge on any atom is 0.416 e. The standard InChI is InChI=1S/C27H27F3N8O3/c1-38-10-7-16(8-11-38)14-41-21-4-2-17(27(28,29)30)12-19(21)36-26(40)35-18-3-5-22(32-13-18)37-25-23-20(39)6-9-31-24(23)33-15-34-25/h2-6,9,12-13,15-16H,7-8,10-11,14H2,1H3,(H2,35,36,40)(H2,31,32,33,34,37,39). The second kappa shape index (κ2) is 11.8. The van der Waals surface area contributed by atoms with Crippen molar-refractivity contribution >= 4 is 40.1 Å². The monoisotopic (exact) mass is 568 g/mol. The molecule has 1 aliphatic rings. The zero-order valence-corrected chi connectivity index (χ0v) is 22.0. The lowest BCUT2D eigenvalue weighted by Gasteiger charge is -2.29. The van der Waals surface area contributed by atoms with E-state index in [0.717, 1.165) is 38.1 Å². The van der Waals surface area contributed by atoms with Crippen LogP contribution in [0.2, 0.25) is 0 Å². The van der Waals surface area contributed by atoms with Crippen molar-refractivity contribution in [1.82, 2.24) is 24.8 Å². The number of aromatic nitrogens is 4. The van der Waals surface area contributed by atoms with Gasteiger partial charge in [-0.3, -0.25) is 4.79 Å². The Morgan fingerprint density at radius 3 is 2.63 bits per heavy atom. The zero-order valence-electron chi connectivity index (χ0n) is 22.0. The quantitative estimate of drug-likeness (QED) is 0.249. The van der Waals surface area contributed by atoms with Crippen molar-refractivity contribution in [1.29, 1.82) is 0 Å². The molecule has 4 aromatic rings. The van der Waals surface area contributed by atoms with Crippen molar-refractivity contribution in [3.8, 4) is 5.75 Å². The number of pyridine rings is 2. The topological polar surface area (TPSA) is 137 Å². The molecule has 2 amide bonds. The summed E-state index contributed by atoms with van der Waals surface area (Å²) < 4.78 is 46.0. The van der Waals surface area contributed by atoms with Crippen LogP contribution in [0.25, 0.3) is 11.0 Å². The molecular weight excluding hydrogens is 541 g/mol. The third kappa shape index (κ3) is 6.90. The van der Waals surface area contributed by atoms with Crippen LogP contribution in [-0.2, 0) is 6.18 Å². The van der Waals surface area contributed by atoms with Gasteiger partial charge in [0.15, 0.2) is 5.43 Å². The van der Waals surface area contributed by atoms with E-state index in [-0.39, 0.29) is 39.7 Å². The van der Waals surface area contributed by atoms with Crippen LogP contribution in [0.1, 0.15) is 18.4 Å². The average Bonchev–Trinajstić information content (AvgIpc) is 2.94. The number of amides is 2. The highest BCUT2D eigenvalue weighted by molar-refractivity contribution is 6.00. The Hall–Kier alpha value is -4.72. The molecule has 214 valence electrons. The summed E-state index contributed by atoms with van der Waals surface area (Å²) in [5, 5.41) is 8.22. The van der Waals surface area contributed by atoms with Gasteiger partial charge in [0.25, 0.3) is 0 Å². The number of aromatic amines is 1. The lowest BCUT2D eigenvalue weighted by molar-refractivity contribution is -0.137. The predicted molar refractivity (Wildman–Crippen MR) is 147 cm³/mol. The van der Waals surface area contributed by atoms with Crippen LogP contribution in [0.5, 0.6) is 5.75 Å². The second-order valence-corrected chi connectivity index (χ2v) is 9.69. The van der Waals surface area contributed by atoms with Gasteiger partial charge in [-0.05, 0) is 69.2 Å². The molecule has 3 aromatic heterocycles. The third-order valence-corrected chi connectivity index (χ3v) is 6.68. The van der Waals surface area contributed by atoms with Gasteiger partial charge in [-0.15, -0.1) is 0 Å². The number of urea groups is 1. The van der Waals surface area contributed by atoms with E-state index >= 15 is 0 Å². The van der Waals surface area contributed by atoms with Crippen LogP contribution >= 0.6 is 0 Å². The Kier molecular flexibility index (Phi) is 8.01. The summed E-state index contributed by atoms with van der Waals surface area (Å²) in [6, 6.07) is 6.65. The number of ether oxygens (including phenoxy) is 1. The molecule has 1 aromatic carbocycles. The maximum absolute atomic E-state index is 13.4. The predicted octanol–water partition coefficient (Wildman–Crippen LogP) is 4.84. The van der Waals surface area contributed by atoms with Crippen molar-refractivity contribution in [2.45, 2.75) is 19.0 Å². The lowest BCUT2D eigenvalue weighted by Crippen LogP contribution is -2.32. The van der Waals surface area contributed by atoms with Crippen LogP contribution in [-0.4, -0.2) is 57.6 Å². The molecule has 0 radical (unpaired) electrons. The van der Waals surface area contributed by atoms with Gasteiger partial charge in [0.2, 0.25) is 0 Å². The first kappa shape index (κ1) is 27.8. The zero-order chi connectivity index (χ0) is 29.0. The fraction of sp³-hybridized carbons (Fsp3) is 0.296. The van der Waals surface area contributed by atoms with Crippen LogP contribution in [0.15, 0.2) is 59.9 Å². The lowest BCUT2D eigenvalue weighted by atomic mass is 9.98. The van der Waals surface area contributed by atoms with Gasteiger partial charge >= 0.3 is 12.2 Å². The van der Waals surface area contributed by atoms with Gasteiger partial charge in [0.05, 0.1) is 29.7 Å². The highest BCUT2D eigenvalue weighted by Crippen LogP contribution is 2.35. The van der Waals surface area contributed by atoms with E-state index in [9.17, 15) is 22.8 Å². The molecule has 4 N–H and O–H groups in total. The molecule has 14 heteroatoms. The molecule has 1 fully saturated rings. The molecule has 0 bridgehead atoms. The number of alkyl halides is 3. The number of anilines is 4. The first-order valence-electron chi connectivity index (χ1n) is 12.8. The molecule has 0 atom stereocenters. The number of fused-ring (bicyclic) bond motifs is 1. The van der Waals surface area contributed by atoms with Crippen LogP contribution in [0.4, 0.5) is 41.0 Å². The minimum atomic E-state index is -4.59. The highest BCUT2D eigenvalue weighted by atomic mass is 19.4. The van der Waals surface area contributed by atoms with Crippen molar-refractivity contribution in [3.05, 3.63) is 70.9 Å². The second-order valence-electron chi connectivity index (χ2n) is 9.69. The van der Waals surface area contributed by atoms with Gasteiger partial charge in [0.1, 0.15) is 34.7 Å². The van der Waals surface area contributed by atoms with E-state index in [1.165, 1.54) is 36.9 Å². The number of nitrogens with one attached hydrogen (secondary N) is 4. The van der Waals surface area contributed by atoms with Gasteiger partial charge in [-0.2, -0.15) is 13.2 Å². The van der Waals surface area contributed by atoms with E-state index in [2.05, 4.69) is 40.8 Å². The number of piperidine rings is 1. The molecule has 0 aliphatic carbocycles. The number of benzene rings is 1. The fourth-order valence-corrected chi connectivity index (χ4v) is 4.42. The minimum absolute atomic E-state index is 0.0997. The summed E-state index contributed by atoms with van der Waals surface area (Å²) in [6.07, 6.45) is 1.37. The summed E-state index contributed by atoms with van der Waals surface area (Å²) in [7, 11) is 2.04. The number of nitrogens with zero attached hydrogens (tertiary/aromatic N) is 4. The van der Waals surface area contributed by atoms with Crippen LogP contribution in [0, 0.1) is 5.92 Å². The molecule has 0 spiro atoms. The third-order valence-electron chi connectivity index (χ3n) is 6.68. The Labute approximate surface area is 232 Å². The fourth-order valence-electron chi connectivity index (χ4n) is 4.42. The van der Waals surface area contributed by atoms with E-state index < -0.39 is 17.8 Å². The van der Waals surface area contributed by atoms with Crippen molar-refractivity contribution in [2.24, 2.45) is 5.92 Å². The smallest absolute Gasteiger partial charge is 0.416 e. The highest BCUT2D eigenvalue weighted by Gasteiger charge is 2.31. The Balaban J connectivity index is 1.26. The summed E-state index contributed by atoms with van der Waals surface area (Å²) in [5.74, 6) is 1.01. The molecule has 1 saturated heterocycles. The number of H-pyrrole nitrogens is 1. The molecule has 11 nitrogen and oxygen atoms in total. The van der Waals surface area contributed by atoms with Crippen molar-refractivity contribution in [2.75, 3.05) is 42.7 Å². The normalized spacial score (nSPS) is 14.5. The number of carbonyl (C=O) groups excluding carboxylic acids is 1. The Bertz CT molecular complexity index is 1580. The summed E-state index contributed by atoms with van der Waals surface area (Å²) in [5.41, 5.74) is -0.653. The molecule has 41 heavy (non-hydrogen) atoms. The van der Waals surface area contributed by atoms with E-state index in [4.69, 9.17) is 4.74 Å². The first-order valence-corrected chi connectivity index (χ1v) is 12.8. The molecule has 0 saturated carbocycles. The number of hydrogen-bond donors (Lipinski definition) is 4. The van der Waals surface area contributed by atoms with E-state index in [0.29, 0.717) is 18.1 Å². The Morgan fingerprint density at radius 1 is 1.10 bits per heavy atom. The van der Waals surface area contributed by atoms with Gasteiger partial charge in [0, 0.05) is 12.3 Å².